The molecule has 1 aromatic heterocycles. The van der Waals surface area contributed by atoms with E-state index < -0.39 is 0 Å². The lowest BCUT2D eigenvalue weighted by molar-refractivity contribution is -0.143. The summed E-state index contributed by atoms with van der Waals surface area (Å²) in [6.07, 6.45) is 3.98. The summed E-state index contributed by atoms with van der Waals surface area (Å²) in [6.45, 7) is 4.85. The molecule has 2 aliphatic heterocycles. The fourth-order valence-corrected chi connectivity index (χ4v) is 5.18. The fourth-order valence-electron chi connectivity index (χ4n) is 5.18. The van der Waals surface area contributed by atoms with Crippen LogP contribution in [0.2, 0.25) is 0 Å². The normalized spacial score (nSPS) is 23.1. The second-order valence-electron chi connectivity index (χ2n) is 9.33. The van der Waals surface area contributed by atoms with Crippen molar-refractivity contribution in [2.45, 2.75) is 31.8 Å². The number of para-hydroxylation sites is 1. The van der Waals surface area contributed by atoms with E-state index in [2.05, 4.69) is 11.9 Å². The number of benzene rings is 1. The van der Waals surface area contributed by atoms with Crippen LogP contribution in [0.5, 0.6) is 0 Å². The number of nitrogens with zero attached hydrogens (tertiary/aromatic N) is 4. The number of aromatic nitrogens is 1. The van der Waals surface area contributed by atoms with Crippen molar-refractivity contribution in [2.24, 2.45) is 5.92 Å². The van der Waals surface area contributed by atoms with Crippen LogP contribution in [0.25, 0.3) is 10.9 Å². The van der Waals surface area contributed by atoms with Crippen LogP contribution in [0, 0.1) is 5.92 Å². The van der Waals surface area contributed by atoms with Crippen LogP contribution in [0.15, 0.2) is 30.3 Å². The monoisotopic (exact) mass is 436 g/mol. The Labute approximate surface area is 189 Å². The molecule has 0 unspecified atom stereocenters. The Bertz CT molecular complexity index is 996. The summed E-state index contributed by atoms with van der Waals surface area (Å²) in [5.74, 6) is 0.464. The Hall–Kier alpha value is -2.51. The van der Waals surface area contributed by atoms with Crippen molar-refractivity contribution in [2.75, 3.05) is 52.9 Å². The number of hydrogen-bond acceptors (Lipinski definition) is 5. The molecule has 7 heteroatoms. The molecule has 0 radical (unpaired) electrons. The minimum Gasteiger partial charge on any atom is -0.368 e. The number of piperazine rings is 1. The number of fused-ring (bicyclic) bond motifs is 1. The number of carbonyl (C=O) groups is 2. The second kappa shape index (κ2) is 9.16. The van der Waals surface area contributed by atoms with Gasteiger partial charge < -0.3 is 19.4 Å². The van der Waals surface area contributed by atoms with E-state index in [-0.39, 0.29) is 23.8 Å². The van der Waals surface area contributed by atoms with E-state index in [0.29, 0.717) is 25.3 Å². The van der Waals surface area contributed by atoms with Gasteiger partial charge in [-0.1, -0.05) is 31.0 Å². The van der Waals surface area contributed by atoms with Crippen molar-refractivity contribution in [3.05, 3.63) is 41.6 Å². The lowest BCUT2D eigenvalue weighted by Gasteiger charge is -2.35. The van der Waals surface area contributed by atoms with Crippen LogP contribution in [-0.2, 0) is 9.53 Å². The van der Waals surface area contributed by atoms with E-state index in [4.69, 9.17) is 9.72 Å². The van der Waals surface area contributed by atoms with Gasteiger partial charge in [-0.15, -0.1) is 0 Å². The van der Waals surface area contributed by atoms with Gasteiger partial charge in [-0.3, -0.25) is 9.59 Å². The number of morpholine rings is 1. The van der Waals surface area contributed by atoms with Crippen LogP contribution in [0.4, 0.5) is 0 Å². The molecule has 7 nitrogen and oxygen atoms in total. The molecule has 1 aromatic carbocycles. The summed E-state index contributed by atoms with van der Waals surface area (Å²) in [4.78, 5) is 37.4. The van der Waals surface area contributed by atoms with Crippen LogP contribution < -0.4 is 0 Å². The SMILES string of the molecule is CN1CCN(C(=O)c2cc([C@H]3CN(C(=O)C4CCCC4)CCO3)nc3ccccc23)CC1. The quantitative estimate of drug-likeness (QED) is 0.740. The maximum atomic E-state index is 13.5. The van der Waals surface area contributed by atoms with Crippen LogP contribution in [0.3, 0.4) is 0 Å². The number of pyridine rings is 1. The molecule has 2 amide bonds. The second-order valence-corrected chi connectivity index (χ2v) is 9.33. The van der Waals surface area contributed by atoms with E-state index >= 15 is 0 Å². The largest absolute Gasteiger partial charge is 0.368 e. The molecule has 0 spiro atoms. The van der Waals surface area contributed by atoms with E-state index in [1.54, 1.807) is 0 Å². The van der Waals surface area contributed by atoms with Crippen molar-refractivity contribution >= 4 is 22.7 Å². The average molecular weight is 437 g/mol. The maximum absolute atomic E-state index is 13.5. The van der Waals surface area contributed by atoms with Gasteiger partial charge >= 0.3 is 0 Å². The topological polar surface area (TPSA) is 66.0 Å². The molecule has 3 heterocycles. The predicted molar refractivity (Wildman–Crippen MR) is 122 cm³/mol. The third-order valence-corrected chi connectivity index (χ3v) is 7.17. The van der Waals surface area contributed by atoms with Gasteiger partial charge in [0.05, 0.1) is 29.9 Å². The molecule has 0 N–H and O–H groups in total. The molecular weight excluding hydrogens is 404 g/mol. The van der Waals surface area contributed by atoms with Crippen molar-refractivity contribution in [3.63, 3.8) is 0 Å². The van der Waals surface area contributed by atoms with Gasteiger partial charge in [0, 0.05) is 44.0 Å². The van der Waals surface area contributed by atoms with E-state index in [1.807, 2.05) is 40.1 Å². The first-order chi connectivity index (χ1) is 15.6. The average Bonchev–Trinajstić information content (AvgIpc) is 3.38. The first-order valence-corrected chi connectivity index (χ1v) is 11.9. The highest BCUT2D eigenvalue weighted by Gasteiger charge is 2.33. The van der Waals surface area contributed by atoms with Crippen LogP contribution >= 0.6 is 0 Å². The van der Waals surface area contributed by atoms with Gasteiger partial charge in [0.25, 0.3) is 5.91 Å². The van der Waals surface area contributed by atoms with E-state index in [1.165, 1.54) is 0 Å². The van der Waals surface area contributed by atoms with Gasteiger partial charge in [0.1, 0.15) is 6.10 Å². The van der Waals surface area contributed by atoms with Crippen LogP contribution in [-0.4, -0.2) is 84.4 Å². The maximum Gasteiger partial charge on any atom is 0.254 e. The summed E-state index contributed by atoms with van der Waals surface area (Å²) in [7, 11) is 2.08. The Morgan fingerprint density at radius 3 is 2.53 bits per heavy atom. The van der Waals surface area contributed by atoms with Gasteiger partial charge in [-0.25, -0.2) is 4.98 Å². The summed E-state index contributed by atoms with van der Waals surface area (Å²) >= 11 is 0. The predicted octanol–water partition coefficient (Wildman–Crippen LogP) is 2.71. The molecule has 2 saturated heterocycles. The Balaban J connectivity index is 1.42. The number of carbonyl (C=O) groups excluding carboxylic acids is 2. The van der Waals surface area contributed by atoms with Crippen molar-refractivity contribution in [1.82, 2.24) is 19.7 Å². The lowest BCUT2D eigenvalue weighted by atomic mass is 10.0. The fraction of sp³-hybridized carbons (Fsp3) is 0.560. The number of hydrogen-bond donors (Lipinski definition) is 0. The smallest absolute Gasteiger partial charge is 0.254 e. The first kappa shape index (κ1) is 21.3. The van der Waals surface area contributed by atoms with Crippen LogP contribution in [0.1, 0.15) is 47.8 Å². The number of ether oxygens (including phenoxy) is 1. The third kappa shape index (κ3) is 4.24. The van der Waals surface area contributed by atoms with E-state index in [0.717, 1.165) is 68.5 Å². The standard InChI is InChI=1S/C25H32N4O3/c1-27-10-12-28(13-11-27)25(31)20-16-22(26-21-9-5-4-8-19(20)21)23-17-29(14-15-32-23)24(30)18-6-2-3-7-18/h4-5,8-9,16,18,23H,2-3,6-7,10-15,17H2,1H3/t23-/m1/s1. The zero-order valence-electron chi connectivity index (χ0n) is 18.8. The molecule has 1 aliphatic carbocycles. The number of amides is 2. The molecule has 5 rings (SSSR count). The Kier molecular flexibility index (Phi) is 6.11. The van der Waals surface area contributed by atoms with Crippen molar-refractivity contribution in [1.29, 1.82) is 0 Å². The minimum absolute atomic E-state index is 0.0487. The molecule has 32 heavy (non-hydrogen) atoms. The summed E-state index contributed by atoms with van der Waals surface area (Å²) in [5, 5.41) is 0.870. The molecule has 1 atom stereocenters. The molecule has 1 saturated carbocycles. The lowest BCUT2D eigenvalue weighted by Crippen LogP contribution is -2.47. The summed E-state index contributed by atoms with van der Waals surface area (Å²) in [5.41, 5.74) is 2.22. The first-order valence-electron chi connectivity index (χ1n) is 11.9. The van der Waals surface area contributed by atoms with Gasteiger partial charge in [0.15, 0.2) is 0 Å². The van der Waals surface area contributed by atoms with Gasteiger partial charge in [-0.05, 0) is 32.0 Å². The zero-order chi connectivity index (χ0) is 22.1. The van der Waals surface area contributed by atoms with Gasteiger partial charge in [0.2, 0.25) is 5.91 Å². The minimum atomic E-state index is -0.308. The number of likely N-dealkylation sites (N-methyl/N-ethyl adjacent to an activating group) is 1. The molecule has 2 aromatic rings. The summed E-state index contributed by atoms with van der Waals surface area (Å²) in [6, 6.07) is 9.71. The molecule has 3 fully saturated rings. The zero-order valence-corrected chi connectivity index (χ0v) is 18.8. The van der Waals surface area contributed by atoms with E-state index in [9.17, 15) is 9.59 Å². The van der Waals surface area contributed by atoms with Crippen molar-refractivity contribution in [3.8, 4) is 0 Å². The third-order valence-electron chi connectivity index (χ3n) is 7.17. The molecule has 170 valence electrons. The number of rotatable bonds is 3. The van der Waals surface area contributed by atoms with Crippen molar-refractivity contribution < 1.29 is 14.3 Å². The highest BCUT2D eigenvalue weighted by atomic mass is 16.5. The van der Waals surface area contributed by atoms with Gasteiger partial charge in [-0.2, -0.15) is 0 Å². The molecule has 0 bridgehead atoms. The highest BCUT2D eigenvalue weighted by molar-refractivity contribution is 6.06. The highest BCUT2D eigenvalue weighted by Crippen LogP contribution is 2.30. The molecule has 3 aliphatic rings. The summed E-state index contributed by atoms with van der Waals surface area (Å²) < 4.78 is 6.06. The Morgan fingerprint density at radius 2 is 1.75 bits per heavy atom. The Morgan fingerprint density at radius 1 is 1.00 bits per heavy atom. The molecular formula is C25H32N4O3.